The van der Waals surface area contributed by atoms with Crippen molar-refractivity contribution in [2.45, 2.75) is 20.3 Å². The third-order valence-electron chi connectivity index (χ3n) is 7.46. The third-order valence-corrected chi connectivity index (χ3v) is 12.3. The van der Waals surface area contributed by atoms with E-state index in [9.17, 15) is 0 Å². The van der Waals surface area contributed by atoms with E-state index in [0.29, 0.717) is 0 Å². The molecule has 3 heteroatoms. The molecule has 0 heterocycles. The monoisotopic (exact) mass is 639 g/mol. The van der Waals surface area contributed by atoms with Gasteiger partial charge in [-0.1, -0.05) is 202 Å². The Balaban J connectivity index is 0.000000170. The molecule has 1 unspecified atom stereocenters. The molecule has 0 aliphatic heterocycles. The molecule has 0 aliphatic rings. The van der Waals surface area contributed by atoms with Crippen molar-refractivity contribution in [3.05, 3.63) is 182 Å². The first-order valence-electron chi connectivity index (χ1n) is 16.1. The highest BCUT2D eigenvalue weighted by Gasteiger charge is 2.16. The number of rotatable bonds is 9. The van der Waals surface area contributed by atoms with Gasteiger partial charge in [0.15, 0.2) is 0 Å². The van der Waals surface area contributed by atoms with Crippen LogP contribution >= 0.6 is 15.8 Å². The average molecular weight is 640 g/mol. The van der Waals surface area contributed by atoms with Crippen LogP contribution in [0.4, 0.5) is 0 Å². The van der Waals surface area contributed by atoms with Crippen LogP contribution in [0.1, 0.15) is 20.3 Å². The van der Waals surface area contributed by atoms with Crippen LogP contribution in [-0.2, 0) is 0 Å². The van der Waals surface area contributed by atoms with Crippen molar-refractivity contribution in [2.24, 2.45) is 5.92 Å². The van der Waals surface area contributed by atoms with Gasteiger partial charge in [-0.25, -0.2) is 0 Å². The predicted octanol–water partition coefficient (Wildman–Crippen LogP) is 8.48. The van der Waals surface area contributed by atoms with Crippen LogP contribution in [0.5, 0.6) is 0 Å². The Morgan fingerprint density at radius 1 is 0.391 bits per heavy atom. The van der Waals surface area contributed by atoms with Crippen LogP contribution in [0.25, 0.3) is 0 Å². The second kappa shape index (κ2) is 19.6. The van der Waals surface area contributed by atoms with E-state index in [1.807, 2.05) is 0 Å². The second-order valence-electron chi connectivity index (χ2n) is 11.5. The zero-order valence-corrected chi connectivity index (χ0v) is 29.4. The summed E-state index contributed by atoms with van der Waals surface area (Å²) in [5, 5.41) is 8.39. The van der Waals surface area contributed by atoms with E-state index in [1.165, 1.54) is 44.8 Å². The van der Waals surface area contributed by atoms with Crippen molar-refractivity contribution in [2.75, 3.05) is 20.6 Å². The summed E-state index contributed by atoms with van der Waals surface area (Å²) in [4.78, 5) is 2.23. The normalized spacial score (nSPS) is 11.3. The highest BCUT2D eigenvalue weighted by molar-refractivity contribution is 7.80. The van der Waals surface area contributed by atoms with E-state index >= 15 is 0 Å². The highest BCUT2D eigenvalue weighted by Crippen LogP contribution is 2.33. The Hall–Kier alpha value is -3.86. The topological polar surface area (TPSA) is 3.24 Å². The summed E-state index contributed by atoms with van der Waals surface area (Å²) in [6.07, 6.45) is 1.29. The molecule has 0 fully saturated rings. The van der Waals surface area contributed by atoms with Gasteiger partial charge in [0.2, 0.25) is 0 Å². The van der Waals surface area contributed by atoms with Crippen molar-refractivity contribution in [3.8, 4) is 0 Å². The lowest BCUT2D eigenvalue weighted by Gasteiger charge is -2.18. The average Bonchev–Trinajstić information content (AvgIpc) is 3.12. The molecule has 1 atom stereocenters. The van der Waals surface area contributed by atoms with Gasteiger partial charge in [-0.05, 0) is 67.7 Å². The Kier molecular flexibility index (Phi) is 14.9. The summed E-state index contributed by atoms with van der Waals surface area (Å²) in [7, 11) is 3.34. The van der Waals surface area contributed by atoms with Crippen LogP contribution in [-0.4, -0.2) is 25.5 Å². The minimum absolute atomic E-state index is 0.446. The number of nitrogens with zero attached hydrogens (tertiary/aromatic N) is 1. The van der Waals surface area contributed by atoms with Crippen molar-refractivity contribution in [1.29, 1.82) is 0 Å². The van der Waals surface area contributed by atoms with Crippen molar-refractivity contribution in [3.63, 3.8) is 0 Å². The molecular formula is C43H47NP2. The molecule has 6 aromatic rings. The zero-order chi connectivity index (χ0) is 32.4. The molecule has 0 saturated carbocycles. The van der Waals surface area contributed by atoms with Crippen LogP contribution in [0.15, 0.2) is 182 Å². The van der Waals surface area contributed by atoms with Crippen molar-refractivity contribution >= 4 is 47.7 Å². The van der Waals surface area contributed by atoms with E-state index in [-0.39, 0.29) is 0 Å². The van der Waals surface area contributed by atoms with Crippen molar-refractivity contribution < 1.29 is 0 Å². The van der Waals surface area contributed by atoms with Crippen LogP contribution in [0.3, 0.4) is 0 Å². The smallest absolute Gasteiger partial charge is 0.0000818 e. The molecule has 6 rings (SSSR count). The first kappa shape index (κ1) is 35.0. The standard InChI is InChI=1S/2C18H15P.C7H17N/c2*1-4-10-16(11-5-1)19(17-12-6-2-7-13-17)18-14-8-3-9-15-18;1-5-7(2)6-8(3)4/h2*1-15H;7H,5-6H2,1-4H3. The molecule has 46 heavy (non-hydrogen) atoms. The van der Waals surface area contributed by atoms with Crippen LogP contribution in [0.2, 0.25) is 0 Å². The van der Waals surface area contributed by atoms with Gasteiger partial charge in [-0.3, -0.25) is 0 Å². The number of benzene rings is 6. The third kappa shape index (κ3) is 11.2. The van der Waals surface area contributed by atoms with E-state index in [1.54, 1.807) is 0 Å². The SMILES string of the molecule is CCC(C)CN(C)C.c1ccc(P(c2ccccc2)c2ccccc2)cc1.c1ccc(P(c2ccccc2)c2ccccc2)cc1. The quantitative estimate of drug-likeness (QED) is 0.144. The Bertz CT molecular complexity index is 1310. The molecule has 0 amide bonds. The Morgan fingerprint density at radius 2 is 0.587 bits per heavy atom. The Morgan fingerprint density at radius 3 is 0.717 bits per heavy atom. The van der Waals surface area contributed by atoms with Crippen LogP contribution in [0, 0.1) is 5.92 Å². The largest absolute Gasteiger partial charge is 0.309 e. The molecule has 0 saturated heterocycles. The molecule has 6 aromatic carbocycles. The fourth-order valence-electron chi connectivity index (χ4n) is 5.11. The van der Waals surface area contributed by atoms with E-state index in [2.05, 4.69) is 215 Å². The van der Waals surface area contributed by atoms with Gasteiger partial charge >= 0.3 is 0 Å². The molecule has 0 N–H and O–H groups in total. The lowest BCUT2D eigenvalue weighted by Crippen LogP contribution is -2.20. The maximum absolute atomic E-state index is 2.28. The van der Waals surface area contributed by atoms with Gasteiger partial charge < -0.3 is 4.90 Å². The van der Waals surface area contributed by atoms with E-state index in [0.717, 1.165) is 5.92 Å². The fourth-order valence-corrected chi connectivity index (χ4v) is 9.72. The summed E-state index contributed by atoms with van der Waals surface area (Å²) in [5.41, 5.74) is 0. The maximum atomic E-state index is 2.28. The second-order valence-corrected chi connectivity index (χ2v) is 15.9. The lowest BCUT2D eigenvalue weighted by molar-refractivity contribution is 0.334. The Labute approximate surface area is 280 Å². The molecule has 0 aliphatic carbocycles. The van der Waals surface area contributed by atoms with Gasteiger partial charge in [-0.2, -0.15) is 0 Å². The molecule has 0 bridgehead atoms. The summed E-state index contributed by atoms with van der Waals surface area (Å²) < 4.78 is 0. The summed E-state index contributed by atoms with van der Waals surface area (Å²) in [6, 6.07) is 64.7. The molecular weight excluding hydrogens is 592 g/mol. The molecule has 0 aromatic heterocycles. The maximum Gasteiger partial charge on any atom is 0.0000818 e. The molecule has 1 nitrogen and oxygen atoms in total. The van der Waals surface area contributed by atoms with Gasteiger partial charge in [-0.15, -0.1) is 0 Å². The minimum atomic E-state index is -0.446. The summed E-state index contributed by atoms with van der Waals surface area (Å²) >= 11 is 0. The fraction of sp³-hybridized carbons (Fsp3) is 0.163. The highest BCUT2D eigenvalue weighted by atomic mass is 31.1. The minimum Gasteiger partial charge on any atom is -0.309 e. The van der Waals surface area contributed by atoms with Crippen LogP contribution < -0.4 is 31.8 Å². The van der Waals surface area contributed by atoms with Gasteiger partial charge in [0.1, 0.15) is 0 Å². The number of hydrogen-bond donors (Lipinski definition) is 0. The van der Waals surface area contributed by atoms with Gasteiger partial charge in [0, 0.05) is 6.54 Å². The summed E-state index contributed by atoms with van der Waals surface area (Å²) in [6.45, 7) is 5.73. The van der Waals surface area contributed by atoms with Crippen molar-refractivity contribution in [1.82, 2.24) is 4.90 Å². The molecule has 0 radical (unpaired) electrons. The predicted molar refractivity (Wildman–Crippen MR) is 208 cm³/mol. The van der Waals surface area contributed by atoms with Gasteiger partial charge in [0.25, 0.3) is 0 Å². The lowest BCUT2D eigenvalue weighted by atomic mass is 10.1. The molecule has 0 spiro atoms. The van der Waals surface area contributed by atoms with E-state index < -0.39 is 15.8 Å². The first-order chi connectivity index (χ1) is 22.6. The number of hydrogen-bond acceptors (Lipinski definition) is 1. The molecule has 234 valence electrons. The first-order valence-corrected chi connectivity index (χ1v) is 18.8. The summed E-state index contributed by atoms with van der Waals surface area (Å²) in [5.74, 6) is 0.852. The zero-order valence-electron chi connectivity index (χ0n) is 27.7. The van der Waals surface area contributed by atoms with Gasteiger partial charge in [0.05, 0.1) is 0 Å². The van der Waals surface area contributed by atoms with E-state index in [4.69, 9.17) is 0 Å².